The first-order valence-corrected chi connectivity index (χ1v) is 7.51. The Labute approximate surface area is 116 Å². The predicted molar refractivity (Wildman–Crippen MR) is 77.7 cm³/mol. The molecule has 3 rings (SSSR count). The smallest absolute Gasteiger partial charge is 0.0794 e. The van der Waals surface area contributed by atoms with E-state index in [4.69, 9.17) is 4.84 Å². The van der Waals surface area contributed by atoms with E-state index >= 15 is 0 Å². The summed E-state index contributed by atoms with van der Waals surface area (Å²) in [5, 5.41) is 2.25. The van der Waals surface area contributed by atoms with Crippen molar-refractivity contribution in [1.82, 2.24) is 5.06 Å². The van der Waals surface area contributed by atoms with Crippen LogP contribution in [0.4, 0.5) is 0 Å². The normalized spacial score (nSPS) is 25.7. The largest absolute Gasteiger partial charge is 0.294 e. The van der Waals surface area contributed by atoms with Crippen LogP contribution in [0, 0.1) is 0 Å². The van der Waals surface area contributed by atoms with Crippen molar-refractivity contribution in [1.29, 1.82) is 0 Å². The van der Waals surface area contributed by atoms with Gasteiger partial charge in [0.15, 0.2) is 0 Å². The Balaban J connectivity index is 1.96. The average Bonchev–Trinajstić information content (AvgIpc) is 2.92. The Morgan fingerprint density at radius 3 is 1.89 bits per heavy atom. The van der Waals surface area contributed by atoms with Crippen LogP contribution in [0.5, 0.6) is 0 Å². The van der Waals surface area contributed by atoms with Gasteiger partial charge in [0.05, 0.1) is 17.2 Å². The fourth-order valence-electron chi connectivity index (χ4n) is 3.87. The Morgan fingerprint density at radius 1 is 0.947 bits per heavy atom. The highest BCUT2D eigenvalue weighted by molar-refractivity contribution is 5.42. The van der Waals surface area contributed by atoms with Gasteiger partial charge in [0.2, 0.25) is 0 Å². The zero-order valence-electron chi connectivity index (χ0n) is 12.6. The van der Waals surface area contributed by atoms with E-state index < -0.39 is 0 Å². The lowest BCUT2D eigenvalue weighted by atomic mass is 9.91. The van der Waals surface area contributed by atoms with Crippen molar-refractivity contribution in [2.45, 2.75) is 70.6 Å². The molecule has 1 aliphatic carbocycles. The van der Waals surface area contributed by atoms with Gasteiger partial charge >= 0.3 is 0 Å². The van der Waals surface area contributed by atoms with Gasteiger partial charge in [-0.2, -0.15) is 5.06 Å². The van der Waals surface area contributed by atoms with Crippen LogP contribution in [0.3, 0.4) is 0 Å². The summed E-state index contributed by atoms with van der Waals surface area (Å²) in [5.41, 5.74) is 2.70. The number of rotatable bonds is 2. The summed E-state index contributed by atoms with van der Waals surface area (Å²) in [7, 11) is 0. The molecule has 1 saturated carbocycles. The molecular weight excluding hydrogens is 234 g/mol. The quantitative estimate of drug-likeness (QED) is 0.783. The summed E-state index contributed by atoms with van der Waals surface area (Å²) < 4.78 is 0. The summed E-state index contributed by atoms with van der Waals surface area (Å²) in [6.45, 7) is 9.09. The number of hydrogen-bond acceptors (Lipinski definition) is 2. The summed E-state index contributed by atoms with van der Waals surface area (Å²) in [6.07, 6.45) is 5.45. The minimum Gasteiger partial charge on any atom is -0.294 e. The third kappa shape index (κ3) is 1.93. The lowest BCUT2D eigenvalue weighted by Gasteiger charge is -2.41. The second-order valence-corrected chi connectivity index (χ2v) is 6.97. The molecule has 0 saturated heterocycles. The fraction of sp³-hybridized carbons (Fsp3) is 0.647. The van der Waals surface area contributed by atoms with Crippen LogP contribution in [0.25, 0.3) is 0 Å². The first-order valence-electron chi connectivity index (χ1n) is 7.51. The molecule has 0 bridgehead atoms. The minimum absolute atomic E-state index is 0.0529. The molecule has 1 aromatic carbocycles. The van der Waals surface area contributed by atoms with Crippen molar-refractivity contribution >= 4 is 0 Å². The van der Waals surface area contributed by atoms with Crippen molar-refractivity contribution in [3.63, 3.8) is 0 Å². The predicted octanol–water partition coefficient (Wildman–Crippen LogP) is 4.35. The van der Waals surface area contributed by atoms with E-state index in [1.807, 2.05) is 0 Å². The molecule has 0 atom stereocenters. The van der Waals surface area contributed by atoms with Gasteiger partial charge in [-0.25, -0.2) is 0 Å². The molecule has 0 aromatic heterocycles. The minimum atomic E-state index is -0.0529. The molecule has 0 spiro atoms. The molecule has 2 heteroatoms. The fourth-order valence-corrected chi connectivity index (χ4v) is 3.87. The van der Waals surface area contributed by atoms with Gasteiger partial charge in [-0.05, 0) is 51.7 Å². The van der Waals surface area contributed by atoms with Gasteiger partial charge in [0.1, 0.15) is 0 Å². The second-order valence-electron chi connectivity index (χ2n) is 6.97. The monoisotopic (exact) mass is 259 g/mol. The van der Waals surface area contributed by atoms with E-state index in [2.05, 4.69) is 57.0 Å². The Morgan fingerprint density at radius 2 is 1.42 bits per heavy atom. The molecule has 1 heterocycles. The molecule has 1 aromatic rings. The van der Waals surface area contributed by atoms with Crippen LogP contribution in [0.1, 0.15) is 64.5 Å². The number of hydroxylamine groups is 2. The number of fused-ring (bicyclic) bond motifs is 1. The highest BCUT2D eigenvalue weighted by Gasteiger charge is 2.50. The summed E-state index contributed by atoms with van der Waals surface area (Å²) in [4.78, 5) is 6.42. The van der Waals surface area contributed by atoms with Crippen molar-refractivity contribution in [3.05, 3.63) is 35.4 Å². The number of nitrogens with zero attached hydrogens (tertiary/aromatic N) is 1. The maximum atomic E-state index is 6.42. The average molecular weight is 259 g/mol. The van der Waals surface area contributed by atoms with E-state index in [-0.39, 0.29) is 11.1 Å². The molecule has 0 N–H and O–H groups in total. The van der Waals surface area contributed by atoms with Gasteiger partial charge in [-0.15, -0.1) is 0 Å². The van der Waals surface area contributed by atoms with Crippen molar-refractivity contribution in [3.8, 4) is 0 Å². The van der Waals surface area contributed by atoms with Crippen molar-refractivity contribution in [2.75, 3.05) is 0 Å². The number of hydrogen-bond donors (Lipinski definition) is 0. The Hall–Kier alpha value is -0.860. The van der Waals surface area contributed by atoms with Crippen molar-refractivity contribution in [2.24, 2.45) is 0 Å². The SMILES string of the molecule is CC1(C)c2ccccc2C(C)(C)N1OC1CCCC1. The molecule has 0 radical (unpaired) electrons. The lowest BCUT2D eigenvalue weighted by molar-refractivity contribution is -0.286. The van der Waals surface area contributed by atoms with Crippen molar-refractivity contribution < 1.29 is 4.84 Å². The molecule has 0 unspecified atom stereocenters. The van der Waals surface area contributed by atoms with E-state index in [9.17, 15) is 0 Å². The van der Waals surface area contributed by atoms with E-state index in [1.54, 1.807) is 0 Å². The Bertz CT molecular complexity index is 437. The molecule has 2 aliphatic rings. The molecule has 0 amide bonds. The third-order valence-electron chi connectivity index (χ3n) is 4.82. The van der Waals surface area contributed by atoms with Gasteiger partial charge in [0, 0.05) is 0 Å². The van der Waals surface area contributed by atoms with Crippen LogP contribution in [-0.4, -0.2) is 11.2 Å². The number of benzene rings is 1. The molecule has 1 fully saturated rings. The maximum Gasteiger partial charge on any atom is 0.0794 e. The van der Waals surface area contributed by atoms with Crippen LogP contribution < -0.4 is 0 Å². The van der Waals surface area contributed by atoms with Crippen LogP contribution in [-0.2, 0) is 15.9 Å². The molecule has 1 aliphatic heterocycles. The lowest BCUT2D eigenvalue weighted by Crippen LogP contribution is -2.47. The summed E-state index contributed by atoms with van der Waals surface area (Å²) >= 11 is 0. The molecular formula is C17H25NO. The summed E-state index contributed by atoms with van der Waals surface area (Å²) in [5.74, 6) is 0. The Kier molecular flexibility index (Phi) is 2.99. The molecule has 104 valence electrons. The standard InChI is InChI=1S/C17H25NO/c1-16(2)14-11-7-8-12-15(14)17(3,4)18(16)19-13-9-5-6-10-13/h7-8,11-13H,5-6,9-10H2,1-4H3. The van der Waals surface area contributed by atoms with Gasteiger partial charge < -0.3 is 0 Å². The maximum absolute atomic E-state index is 6.42. The van der Waals surface area contributed by atoms with Gasteiger partial charge in [0.25, 0.3) is 0 Å². The third-order valence-corrected chi connectivity index (χ3v) is 4.82. The first kappa shape index (κ1) is 13.1. The van der Waals surface area contributed by atoms with E-state index in [0.29, 0.717) is 6.10 Å². The second kappa shape index (κ2) is 4.32. The van der Waals surface area contributed by atoms with Crippen LogP contribution in [0.2, 0.25) is 0 Å². The highest BCUT2D eigenvalue weighted by atomic mass is 16.7. The highest BCUT2D eigenvalue weighted by Crippen LogP contribution is 2.50. The zero-order valence-corrected chi connectivity index (χ0v) is 12.6. The van der Waals surface area contributed by atoms with E-state index in [0.717, 1.165) is 0 Å². The molecule has 19 heavy (non-hydrogen) atoms. The van der Waals surface area contributed by atoms with Crippen LogP contribution in [0.15, 0.2) is 24.3 Å². The molecule has 2 nitrogen and oxygen atoms in total. The zero-order chi connectivity index (χ0) is 13.7. The summed E-state index contributed by atoms with van der Waals surface area (Å²) in [6, 6.07) is 8.76. The van der Waals surface area contributed by atoms with Gasteiger partial charge in [-0.1, -0.05) is 37.1 Å². The first-order chi connectivity index (χ1) is 8.94. The van der Waals surface area contributed by atoms with Gasteiger partial charge in [-0.3, -0.25) is 4.84 Å². The topological polar surface area (TPSA) is 12.5 Å². The van der Waals surface area contributed by atoms with E-state index in [1.165, 1.54) is 36.8 Å². The van der Waals surface area contributed by atoms with Crippen LogP contribution >= 0.6 is 0 Å².